The van der Waals surface area contributed by atoms with Gasteiger partial charge < -0.3 is 4.74 Å². The van der Waals surface area contributed by atoms with Crippen LogP contribution in [0.2, 0.25) is 0 Å². The predicted octanol–water partition coefficient (Wildman–Crippen LogP) is 11.5. The molecule has 1 aliphatic rings. The van der Waals surface area contributed by atoms with Crippen LogP contribution in [0.5, 0.6) is 5.75 Å². The van der Waals surface area contributed by atoms with E-state index >= 15 is 0 Å². The number of aromatic nitrogens is 2. The Morgan fingerprint density at radius 1 is 0.667 bits per heavy atom. The molecule has 42 heavy (non-hydrogen) atoms. The molecule has 1 aliphatic carbocycles. The quantitative estimate of drug-likeness (QED) is 0.0794. The molecule has 0 atom stereocenters. The van der Waals surface area contributed by atoms with E-state index in [1.165, 1.54) is 134 Å². The summed E-state index contributed by atoms with van der Waals surface area (Å²) in [4.78, 5) is 22.0. The van der Waals surface area contributed by atoms with Gasteiger partial charge in [-0.05, 0) is 74.3 Å². The predicted molar refractivity (Wildman–Crippen MR) is 177 cm³/mol. The number of aryl methyl sites for hydroxylation is 1. The molecule has 1 fully saturated rings. The van der Waals surface area contributed by atoms with Gasteiger partial charge in [0.05, 0.1) is 5.92 Å². The highest BCUT2D eigenvalue weighted by molar-refractivity contribution is 5.75. The molecule has 0 N–H and O–H groups in total. The van der Waals surface area contributed by atoms with Crippen molar-refractivity contribution in [2.75, 3.05) is 0 Å². The highest BCUT2D eigenvalue weighted by Gasteiger charge is 2.27. The summed E-state index contributed by atoms with van der Waals surface area (Å²) in [7, 11) is 0. The average Bonchev–Trinajstić information content (AvgIpc) is 3.02. The van der Waals surface area contributed by atoms with E-state index < -0.39 is 0 Å². The van der Waals surface area contributed by atoms with Gasteiger partial charge in [0.2, 0.25) is 0 Å². The third-order valence-electron chi connectivity index (χ3n) is 9.25. The second-order valence-corrected chi connectivity index (χ2v) is 12.9. The SMILES string of the molecule is CCCCCCCCCCCCCCc1cnc(-c2ccc(OC(=O)[C@H]3CC[C@H](CCCCCCC)CC3)cc2)nc1. The molecule has 0 bridgehead atoms. The van der Waals surface area contributed by atoms with Gasteiger partial charge in [-0.1, -0.05) is 123 Å². The number of carbonyl (C=O) groups excluding carboxylic acids is 1. The lowest BCUT2D eigenvalue weighted by Gasteiger charge is -2.27. The topological polar surface area (TPSA) is 52.1 Å². The second kappa shape index (κ2) is 21.5. The van der Waals surface area contributed by atoms with Gasteiger partial charge in [-0.15, -0.1) is 0 Å². The minimum Gasteiger partial charge on any atom is -0.426 e. The Labute approximate surface area is 257 Å². The summed E-state index contributed by atoms with van der Waals surface area (Å²) in [6.45, 7) is 4.55. The molecule has 0 unspecified atom stereocenters. The van der Waals surface area contributed by atoms with Gasteiger partial charge in [0.15, 0.2) is 5.82 Å². The molecular weight excluding hydrogens is 516 g/mol. The number of carbonyl (C=O) groups is 1. The lowest BCUT2D eigenvalue weighted by atomic mass is 9.80. The molecule has 0 spiro atoms. The zero-order valence-corrected chi connectivity index (χ0v) is 27.1. The summed E-state index contributed by atoms with van der Waals surface area (Å²) in [5.41, 5.74) is 2.16. The molecule has 2 aromatic rings. The van der Waals surface area contributed by atoms with E-state index in [0.717, 1.165) is 36.6 Å². The molecule has 0 radical (unpaired) electrons. The van der Waals surface area contributed by atoms with Gasteiger partial charge in [-0.25, -0.2) is 9.97 Å². The summed E-state index contributed by atoms with van der Waals surface area (Å²) in [5, 5.41) is 0. The molecule has 234 valence electrons. The number of hydrogen-bond acceptors (Lipinski definition) is 4. The Morgan fingerprint density at radius 2 is 1.17 bits per heavy atom. The summed E-state index contributed by atoms with van der Waals surface area (Å²) in [6, 6.07) is 7.66. The molecular formula is C38H60N2O2. The molecule has 3 rings (SSSR count). The van der Waals surface area contributed by atoms with Crippen LogP contribution in [-0.2, 0) is 11.2 Å². The Balaban J connectivity index is 1.27. The maximum atomic E-state index is 12.8. The minimum absolute atomic E-state index is 0.0435. The molecule has 1 heterocycles. The number of unbranched alkanes of at least 4 members (excludes halogenated alkanes) is 15. The van der Waals surface area contributed by atoms with E-state index in [-0.39, 0.29) is 11.9 Å². The van der Waals surface area contributed by atoms with Crippen molar-refractivity contribution in [2.24, 2.45) is 11.8 Å². The number of hydrogen-bond donors (Lipinski definition) is 0. The van der Waals surface area contributed by atoms with Crippen LogP contribution in [0.1, 0.15) is 161 Å². The maximum absolute atomic E-state index is 12.8. The fraction of sp³-hybridized carbons (Fsp3) is 0.711. The number of nitrogens with zero attached hydrogens (tertiary/aromatic N) is 2. The summed E-state index contributed by atoms with van der Waals surface area (Å²) >= 11 is 0. The number of benzene rings is 1. The zero-order chi connectivity index (χ0) is 29.7. The lowest BCUT2D eigenvalue weighted by molar-refractivity contribution is -0.140. The monoisotopic (exact) mass is 576 g/mol. The van der Waals surface area contributed by atoms with Crippen molar-refractivity contribution < 1.29 is 9.53 Å². The van der Waals surface area contributed by atoms with Gasteiger partial charge in [0, 0.05) is 18.0 Å². The molecule has 1 aromatic carbocycles. The van der Waals surface area contributed by atoms with E-state index in [1.807, 2.05) is 36.7 Å². The van der Waals surface area contributed by atoms with Crippen LogP contribution < -0.4 is 4.74 Å². The molecule has 0 amide bonds. The van der Waals surface area contributed by atoms with Crippen molar-refractivity contribution in [3.8, 4) is 17.1 Å². The van der Waals surface area contributed by atoms with Crippen molar-refractivity contribution in [1.82, 2.24) is 9.97 Å². The Hall–Kier alpha value is -2.23. The maximum Gasteiger partial charge on any atom is 0.314 e. The largest absolute Gasteiger partial charge is 0.426 e. The van der Waals surface area contributed by atoms with E-state index in [0.29, 0.717) is 5.75 Å². The van der Waals surface area contributed by atoms with E-state index in [4.69, 9.17) is 4.74 Å². The van der Waals surface area contributed by atoms with E-state index in [1.54, 1.807) is 0 Å². The smallest absolute Gasteiger partial charge is 0.314 e. The van der Waals surface area contributed by atoms with Crippen LogP contribution in [0, 0.1) is 11.8 Å². The van der Waals surface area contributed by atoms with Crippen LogP contribution in [-0.4, -0.2) is 15.9 Å². The van der Waals surface area contributed by atoms with Crippen LogP contribution in [0.25, 0.3) is 11.4 Å². The van der Waals surface area contributed by atoms with Gasteiger partial charge in [-0.2, -0.15) is 0 Å². The fourth-order valence-electron chi connectivity index (χ4n) is 6.40. The molecule has 1 saturated carbocycles. The molecule has 4 heteroatoms. The van der Waals surface area contributed by atoms with Crippen LogP contribution in [0.4, 0.5) is 0 Å². The first kappa shape index (κ1) is 34.3. The summed E-state index contributed by atoms with van der Waals surface area (Å²) < 4.78 is 5.75. The first-order chi connectivity index (χ1) is 20.7. The van der Waals surface area contributed by atoms with Crippen molar-refractivity contribution in [2.45, 2.75) is 162 Å². The van der Waals surface area contributed by atoms with Gasteiger partial charge in [0.25, 0.3) is 0 Å². The van der Waals surface area contributed by atoms with Crippen LogP contribution in [0.3, 0.4) is 0 Å². The third-order valence-corrected chi connectivity index (χ3v) is 9.25. The minimum atomic E-state index is -0.0671. The first-order valence-corrected chi connectivity index (χ1v) is 17.8. The molecule has 0 saturated heterocycles. The Kier molecular flexibility index (Phi) is 17.5. The highest BCUT2D eigenvalue weighted by atomic mass is 16.5. The zero-order valence-electron chi connectivity index (χ0n) is 27.1. The van der Waals surface area contributed by atoms with Crippen molar-refractivity contribution in [3.05, 3.63) is 42.2 Å². The first-order valence-electron chi connectivity index (χ1n) is 17.8. The molecule has 1 aromatic heterocycles. The van der Waals surface area contributed by atoms with Gasteiger partial charge in [-0.3, -0.25) is 4.79 Å². The standard InChI is InChI=1S/C38H60N2O2/c1-3-5-7-9-10-11-12-13-14-15-17-19-21-33-30-39-37(40-31-33)34-26-28-36(29-27-34)42-38(41)35-24-22-32(23-25-35)20-18-16-8-6-4-2/h26-32,35H,3-25H2,1-2H3/t32-,35-. The molecule has 4 nitrogen and oxygen atoms in total. The Morgan fingerprint density at radius 3 is 1.71 bits per heavy atom. The third kappa shape index (κ3) is 13.8. The number of ether oxygens (including phenoxy) is 1. The van der Waals surface area contributed by atoms with E-state index in [2.05, 4.69) is 23.8 Å². The van der Waals surface area contributed by atoms with Crippen LogP contribution in [0.15, 0.2) is 36.7 Å². The molecule has 0 aliphatic heterocycles. The van der Waals surface area contributed by atoms with Crippen molar-refractivity contribution in [1.29, 1.82) is 0 Å². The van der Waals surface area contributed by atoms with Crippen molar-refractivity contribution in [3.63, 3.8) is 0 Å². The van der Waals surface area contributed by atoms with Crippen LogP contribution >= 0.6 is 0 Å². The number of esters is 1. The normalized spacial score (nSPS) is 16.9. The number of rotatable bonds is 22. The van der Waals surface area contributed by atoms with E-state index in [9.17, 15) is 4.79 Å². The van der Waals surface area contributed by atoms with Gasteiger partial charge >= 0.3 is 5.97 Å². The second-order valence-electron chi connectivity index (χ2n) is 12.9. The highest BCUT2D eigenvalue weighted by Crippen LogP contribution is 2.33. The van der Waals surface area contributed by atoms with Crippen molar-refractivity contribution >= 4 is 5.97 Å². The summed E-state index contributed by atoms with van der Waals surface area (Å²) in [5.74, 6) is 2.11. The van der Waals surface area contributed by atoms with Gasteiger partial charge in [0.1, 0.15) is 5.75 Å². The fourth-order valence-corrected chi connectivity index (χ4v) is 6.40. The Bertz CT molecular complexity index is 948. The lowest BCUT2D eigenvalue weighted by Crippen LogP contribution is -2.25. The average molecular weight is 577 g/mol. The summed E-state index contributed by atoms with van der Waals surface area (Å²) in [6.07, 6.45) is 33.8.